The molecule has 2 aliphatic rings. The molecule has 1 aromatic carbocycles. The number of hydrogen-bond acceptors (Lipinski definition) is 5. The first kappa shape index (κ1) is 16.5. The lowest BCUT2D eigenvalue weighted by molar-refractivity contribution is 0.0675. The Bertz CT molecular complexity index is 729. The maximum absolute atomic E-state index is 13.0. The van der Waals surface area contributed by atoms with Gasteiger partial charge in [-0.25, -0.2) is 4.98 Å². The number of benzene rings is 1. The third kappa shape index (κ3) is 3.28. The summed E-state index contributed by atoms with van der Waals surface area (Å²) in [6.07, 6.45) is 3.26. The SMILES string of the molecule is CCOc1ccc(-c2nc(C(=O)N3C4CCNCC3CC4)cs2)cc1. The number of carbonyl (C=O) groups is 1. The molecule has 2 unspecified atom stereocenters. The summed E-state index contributed by atoms with van der Waals surface area (Å²) in [7, 11) is 0. The van der Waals surface area contributed by atoms with Crippen LogP contribution in [0.5, 0.6) is 5.75 Å². The maximum atomic E-state index is 13.0. The van der Waals surface area contributed by atoms with Crippen LogP contribution in [0.25, 0.3) is 10.6 Å². The predicted molar refractivity (Wildman–Crippen MR) is 99.2 cm³/mol. The highest BCUT2D eigenvalue weighted by Gasteiger charge is 2.39. The van der Waals surface area contributed by atoms with E-state index < -0.39 is 0 Å². The van der Waals surface area contributed by atoms with Gasteiger partial charge in [-0.05, 0) is 57.0 Å². The van der Waals surface area contributed by atoms with Crippen LogP contribution >= 0.6 is 11.3 Å². The van der Waals surface area contributed by atoms with E-state index in [2.05, 4.69) is 15.2 Å². The average Bonchev–Trinajstić information content (AvgIpc) is 3.19. The first-order valence-electron chi connectivity index (χ1n) is 8.98. The van der Waals surface area contributed by atoms with Gasteiger partial charge in [0.1, 0.15) is 16.5 Å². The van der Waals surface area contributed by atoms with Crippen LogP contribution in [-0.4, -0.2) is 47.6 Å². The molecule has 6 heteroatoms. The minimum atomic E-state index is 0.0876. The van der Waals surface area contributed by atoms with Crippen LogP contribution < -0.4 is 10.1 Å². The van der Waals surface area contributed by atoms with Crippen molar-refractivity contribution in [2.75, 3.05) is 19.7 Å². The normalized spacial score (nSPS) is 22.7. The third-order valence-corrected chi connectivity index (χ3v) is 5.92. The van der Waals surface area contributed by atoms with Crippen LogP contribution in [0.2, 0.25) is 0 Å². The molecule has 3 heterocycles. The molecule has 2 saturated heterocycles. The van der Waals surface area contributed by atoms with Crippen molar-refractivity contribution in [3.8, 4) is 16.3 Å². The molecule has 2 aromatic rings. The lowest BCUT2D eigenvalue weighted by Gasteiger charge is -2.27. The van der Waals surface area contributed by atoms with Crippen molar-refractivity contribution in [1.82, 2.24) is 15.2 Å². The van der Waals surface area contributed by atoms with E-state index in [-0.39, 0.29) is 5.91 Å². The summed E-state index contributed by atoms with van der Waals surface area (Å²) in [6, 6.07) is 8.57. The van der Waals surface area contributed by atoms with Gasteiger partial charge in [0, 0.05) is 29.6 Å². The van der Waals surface area contributed by atoms with Crippen LogP contribution in [0.4, 0.5) is 0 Å². The van der Waals surface area contributed by atoms with Gasteiger partial charge in [-0.2, -0.15) is 0 Å². The van der Waals surface area contributed by atoms with Gasteiger partial charge < -0.3 is 15.0 Å². The van der Waals surface area contributed by atoms with Crippen LogP contribution in [-0.2, 0) is 0 Å². The molecule has 132 valence electrons. The van der Waals surface area contributed by atoms with Gasteiger partial charge in [-0.15, -0.1) is 11.3 Å². The van der Waals surface area contributed by atoms with Crippen molar-refractivity contribution >= 4 is 17.2 Å². The molecule has 2 fully saturated rings. The van der Waals surface area contributed by atoms with Crippen molar-refractivity contribution in [2.24, 2.45) is 0 Å². The van der Waals surface area contributed by atoms with Crippen molar-refractivity contribution in [2.45, 2.75) is 38.3 Å². The molecule has 2 aliphatic heterocycles. The van der Waals surface area contributed by atoms with E-state index in [0.29, 0.717) is 24.4 Å². The van der Waals surface area contributed by atoms with Crippen molar-refractivity contribution in [1.29, 1.82) is 0 Å². The Labute approximate surface area is 152 Å². The Balaban J connectivity index is 1.53. The van der Waals surface area contributed by atoms with E-state index >= 15 is 0 Å². The van der Waals surface area contributed by atoms with Gasteiger partial charge in [0.15, 0.2) is 0 Å². The highest BCUT2D eigenvalue weighted by Crippen LogP contribution is 2.31. The number of carbonyl (C=O) groups excluding carboxylic acids is 1. The van der Waals surface area contributed by atoms with Crippen molar-refractivity contribution < 1.29 is 9.53 Å². The van der Waals surface area contributed by atoms with E-state index in [1.54, 1.807) is 0 Å². The van der Waals surface area contributed by atoms with E-state index in [9.17, 15) is 4.79 Å². The summed E-state index contributed by atoms with van der Waals surface area (Å²) in [6.45, 7) is 4.53. The van der Waals surface area contributed by atoms with Crippen LogP contribution in [0.3, 0.4) is 0 Å². The molecular weight excluding hydrogens is 334 g/mol. The number of amides is 1. The fourth-order valence-electron chi connectivity index (χ4n) is 3.81. The van der Waals surface area contributed by atoms with Crippen molar-refractivity contribution in [3.05, 3.63) is 35.3 Å². The lowest BCUT2D eigenvalue weighted by atomic mass is 10.1. The molecule has 0 aliphatic carbocycles. The Morgan fingerprint density at radius 1 is 1.28 bits per heavy atom. The molecule has 2 bridgehead atoms. The molecule has 1 N–H and O–H groups in total. The van der Waals surface area contributed by atoms with Crippen LogP contribution in [0.1, 0.15) is 36.7 Å². The summed E-state index contributed by atoms with van der Waals surface area (Å²) < 4.78 is 5.48. The summed E-state index contributed by atoms with van der Waals surface area (Å²) in [5, 5.41) is 6.21. The summed E-state index contributed by atoms with van der Waals surface area (Å²) in [5.74, 6) is 0.942. The highest BCUT2D eigenvalue weighted by atomic mass is 32.1. The molecule has 4 rings (SSSR count). The summed E-state index contributed by atoms with van der Waals surface area (Å²) in [5.41, 5.74) is 1.60. The summed E-state index contributed by atoms with van der Waals surface area (Å²) >= 11 is 1.53. The highest BCUT2D eigenvalue weighted by molar-refractivity contribution is 7.13. The fraction of sp³-hybridized carbons (Fsp3) is 0.474. The molecule has 5 nitrogen and oxygen atoms in total. The van der Waals surface area contributed by atoms with Gasteiger partial charge in [-0.3, -0.25) is 4.79 Å². The third-order valence-electron chi connectivity index (χ3n) is 5.02. The average molecular weight is 357 g/mol. The van der Waals surface area contributed by atoms with E-state index in [4.69, 9.17) is 4.74 Å². The van der Waals surface area contributed by atoms with Gasteiger partial charge >= 0.3 is 0 Å². The van der Waals surface area contributed by atoms with E-state index in [0.717, 1.165) is 48.7 Å². The Hall–Kier alpha value is -1.92. The topological polar surface area (TPSA) is 54.5 Å². The monoisotopic (exact) mass is 357 g/mol. The number of nitrogens with one attached hydrogen (secondary N) is 1. The quantitative estimate of drug-likeness (QED) is 0.913. The fourth-order valence-corrected chi connectivity index (χ4v) is 4.61. The first-order valence-corrected chi connectivity index (χ1v) is 9.86. The van der Waals surface area contributed by atoms with Crippen molar-refractivity contribution in [3.63, 3.8) is 0 Å². The minimum Gasteiger partial charge on any atom is -0.494 e. The number of rotatable bonds is 4. The molecule has 0 radical (unpaired) electrons. The predicted octanol–water partition coefficient (Wildman–Crippen LogP) is 3.18. The first-order chi connectivity index (χ1) is 12.3. The van der Waals surface area contributed by atoms with E-state index in [1.807, 2.05) is 36.6 Å². The zero-order chi connectivity index (χ0) is 17.2. The lowest BCUT2D eigenvalue weighted by Crippen LogP contribution is -2.42. The smallest absolute Gasteiger partial charge is 0.273 e. The second-order valence-electron chi connectivity index (χ2n) is 6.59. The second kappa shape index (κ2) is 7.14. The summed E-state index contributed by atoms with van der Waals surface area (Å²) in [4.78, 5) is 19.7. The number of fused-ring (bicyclic) bond motifs is 2. The Morgan fingerprint density at radius 2 is 2.08 bits per heavy atom. The zero-order valence-corrected chi connectivity index (χ0v) is 15.2. The number of hydrogen-bond donors (Lipinski definition) is 1. The molecule has 0 spiro atoms. The molecule has 2 atom stereocenters. The number of aromatic nitrogens is 1. The molecular formula is C19H23N3O2S. The molecule has 1 amide bonds. The largest absolute Gasteiger partial charge is 0.494 e. The maximum Gasteiger partial charge on any atom is 0.273 e. The standard InChI is InChI=1S/C19H23N3O2S/c1-2-24-16-7-3-13(4-8-16)18-21-17(12-25-18)19(23)22-14-5-6-15(22)11-20-10-9-14/h3-4,7-8,12,14-15,20H,2,5-6,9-11H2,1H3. The van der Waals surface area contributed by atoms with Gasteiger partial charge in [0.2, 0.25) is 0 Å². The Morgan fingerprint density at radius 3 is 2.88 bits per heavy atom. The van der Waals surface area contributed by atoms with Gasteiger partial charge in [-0.1, -0.05) is 0 Å². The minimum absolute atomic E-state index is 0.0876. The van der Waals surface area contributed by atoms with Crippen LogP contribution in [0, 0.1) is 0 Å². The number of ether oxygens (including phenoxy) is 1. The molecule has 0 saturated carbocycles. The number of nitrogens with zero attached hydrogens (tertiary/aromatic N) is 2. The molecule has 25 heavy (non-hydrogen) atoms. The van der Waals surface area contributed by atoms with Crippen LogP contribution in [0.15, 0.2) is 29.6 Å². The zero-order valence-electron chi connectivity index (χ0n) is 14.4. The Kier molecular flexibility index (Phi) is 4.72. The van der Waals surface area contributed by atoms with E-state index in [1.165, 1.54) is 11.3 Å². The molecule has 1 aromatic heterocycles. The van der Waals surface area contributed by atoms with Gasteiger partial charge in [0.05, 0.1) is 6.61 Å². The second-order valence-corrected chi connectivity index (χ2v) is 7.44. The number of thiazole rings is 1. The van der Waals surface area contributed by atoms with Gasteiger partial charge in [0.25, 0.3) is 5.91 Å².